The number of aryl methyl sites for hydroxylation is 1. The molecular formula is C24H26F3N5O5. The molecular weight excluding hydrogens is 495 g/mol. The Morgan fingerprint density at radius 2 is 1.86 bits per heavy atom. The van der Waals surface area contributed by atoms with Gasteiger partial charge < -0.3 is 18.9 Å². The molecule has 0 fully saturated rings. The van der Waals surface area contributed by atoms with Crippen LogP contribution in [0.4, 0.5) is 18.9 Å². The number of fused-ring (bicyclic) bond motifs is 1. The van der Waals surface area contributed by atoms with E-state index in [1.165, 1.54) is 24.4 Å². The van der Waals surface area contributed by atoms with Crippen molar-refractivity contribution in [2.75, 3.05) is 45.5 Å². The summed E-state index contributed by atoms with van der Waals surface area (Å²) >= 11 is 0. The fraction of sp³-hybridized carbons (Fsp3) is 0.417. The van der Waals surface area contributed by atoms with Gasteiger partial charge >= 0.3 is 6.18 Å². The molecule has 0 N–H and O–H groups in total. The van der Waals surface area contributed by atoms with Gasteiger partial charge in [-0.1, -0.05) is 0 Å². The van der Waals surface area contributed by atoms with E-state index in [1.807, 2.05) is 0 Å². The normalized spacial score (nSPS) is 13.2. The number of anilines is 1. The molecule has 4 heterocycles. The Hall–Kier alpha value is -3.71. The Kier molecular flexibility index (Phi) is 7.93. The number of pyridine rings is 2. The summed E-state index contributed by atoms with van der Waals surface area (Å²) in [4.78, 5) is 23.4. The van der Waals surface area contributed by atoms with Crippen LogP contribution in [0, 0.1) is 6.92 Å². The highest BCUT2D eigenvalue weighted by Crippen LogP contribution is 2.34. The molecule has 37 heavy (non-hydrogen) atoms. The molecule has 13 heteroatoms. The van der Waals surface area contributed by atoms with Crippen LogP contribution in [0.15, 0.2) is 30.7 Å². The minimum atomic E-state index is -4.42. The molecule has 0 saturated heterocycles. The average Bonchev–Trinajstić information content (AvgIpc) is 3.44. The number of halogens is 3. The first-order valence-electron chi connectivity index (χ1n) is 11.4. The standard InChI is InChI=1S/C24H26F3N5O5/c1-15-8-18(16-9-20(22(35-3)28-10-16)37-7-6-36-5-4-34-2)30-19-13-32(23(33)21(15)19)17-11-29-31(12-17)14-24(25,26)27/h8-12H,4-7,13-14H2,1-3H3. The van der Waals surface area contributed by atoms with Gasteiger partial charge in [-0.05, 0) is 24.6 Å². The Labute approximate surface area is 210 Å². The molecule has 0 radical (unpaired) electrons. The van der Waals surface area contributed by atoms with Crippen LogP contribution in [-0.4, -0.2) is 72.5 Å². The molecule has 0 unspecified atom stereocenters. The minimum absolute atomic E-state index is 0.103. The quantitative estimate of drug-likeness (QED) is 0.354. The second kappa shape index (κ2) is 11.1. The van der Waals surface area contributed by atoms with Gasteiger partial charge in [0.15, 0.2) is 5.75 Å². The SMILES string of the molecule is COCCOCCOc1cc(-c2cc(C)c3c(n2)CN(c2cnn(CC(F)(F)F)c2)C3=O)cnc1OC. The zero-order valence-corrected chi connectivity index (χ0v) is 20.5. The van der Waals surface area contributed by atoms with E-state index in [0.717, 1.165) is 4.68 Å². The third-order valence-electron chi connectivity index (χ3n) is 5.56. The number of rotatable bonds is 11. The molecule has 0 bridgehead atoms. The van der Waals surface area contributed by atoms with Crippen LogP contribution in [0.1, 0.15) is 21.6 Å². The van der Waals surface area contributed by atoms with Crippen molar-refractivity contribution >= 4 is 11.6 Å². The van der Waals surface area contributed by atoms with Gasteiger partial charge in [0.25, 0.3) is 11.8 Å². The number of alkyl halides is 3. The maximum atomic E-state index is 13.1. The van der Waals surface area contributed by atoms with Crippen LogP contribution in [0.2, 0.25) is 0 Å². The molecule has 198 valence electrons. The van der Waals surface area contributed by atoms with Gasteiger partial charge in [0, 0.05) is 25.1 Å². The summed E-state index contributed by atoms with van der Waals surface area (Å²) in [5, 5.41) is 3.74. The molecule has 1 amide bonds. The highest BCUT2D eigenvalue weighted by atomic mass is 19.4. The second-order valence-electron chi connectivity index (χ2n) is 8.23. The smallest absolute Gasteiger partial charge is 0.408 e. The fourth-order valence-electron chi connectivity index (χ4n) is 3.90. The Balaban J connectivity index is 1.53. The molecule has 3 aromatic heterocycles. The van der Waals surface area contributed by atoms with Gasteiger partial charge in [0.2, 0.25) is 0 Å². The summed E-state index contributed by atoms with van der Waals surface area (Å²) in [5.41, 5.74) is 3.08. The van der Waals surface area contributed by atoms with E-state index in [9.17, 15) is 18.0 Å². The van der Waals surface area contributed by atoms with E-state index in [1.54, 1.807) is 32.4 Å². The second-order valence-corrected chi connectivity index (χ2v) is 8.23. The van der Waals surface area contributed by atoms with Crippen molar-refractivity contribution in [1.82, 2.24) is 19.7 Å². The van der Waals surface area contributed by atoms with Crippen molar-refractivity contribution in [3.05, 3.63) is 47.5 Å². The highest BCUT2D eigenvalue weighted by molar-refractivity contribution is 6.10. The molecule has 0 aromatic carbocycles. The van der Waals surface area contributed by atoms with Crippen molar-refractivity contribution < 1.29 is 36.9 Å². The number of hydrogen-bond acceptors (Lipinski definition) is 8. The molecule has 10 nitrogen and oxygen atoms in total. The molecule has 3 aromatic rings. The number of amides is 1. The van der Waals surface area contributed by atoms with Crippen LogP contribution >= 0.6 is 0 Å². The Morgan fingerprint density at radius 3 is 2.59 bits per heavy atom. The lowest BCUT2D eigenvalue weighted by molar-refractivity contribution is -0.142. The molecule has 4 rings (SSSR count). The third-order valence-corrected chi connectivity index (χ3v) is 5.56. The van der Waals surface area contributed by atoms with Crippen LogP contribution in [-0.2, 0) is 22.6 Å². The van der Waals surface area contributed by atoms with E-state index in [2.05, 4.69) is 15.1 Å². The van der Waals surface area contributed by atoms with Gasteiger partial charge in [-0.2, -0.15) is 18.3 Å². The molecule has 0 saturated carbocycles. The summed E-state index contributed by atoms with van der Waals surface area (Å²) in [6.07, 6.45) is -0.393. The Morgan fingerprint density at radius 1 is 1.08 bits per heavy atom. The maximum absolute atomic E-state index is 13.1. The van der Waals surface area contributed by atoms with Crippen LogP contribution in [0.25, 0.3) is 11.3 Å². The number of hydrogen-bond donors (Lipinski definition) is 0. The lowest BCUT2D eigenvalue weighted by Crippen LogP contribution is -2.23. The molecule has 0 atom stereocenters. The molecule has 0 spiro atoms. The molecule has 1 aliphatic rings. The zero-order chi connectivity index (χ0) is 26.6. The molecule has 0 aliphatic carbocycles. The number of aromatic nitrogens is 4. The number of nitrogens with zero attached hydrogens (tertiary/aromatic N) is 5. The van der Waals surface area contributed by atoms with E-state index in [-0.39, 0.29) is 24.7 Å². The van der Waals surface area contributed by atoms with Gasteiger partial charge in [0.05, 0.1) is 62.3 Å². The largest absolute Gasteiger partial charge is 0.486 e. The van der Waals surface area contributed by atoms with E-state index < -0.39 is 12.7 Å². The summed E-state index contributed by atoms with van der Waals surface area (Å²) in [7, 11) is 3.08. The van der Waals surface area contributed by atoms with Crippen molar-refractivity contribution in [3.8, 4) is 22.9 Å². The van der Waals surface area contributed by atoms with Crippen molar-refractivity contribution in [1.29, 1.82) is 0 Å². The third kappa shape index (κ3) is 6.17. The lowest BCUT2D eigenvalue weighted by Gasteiger charge is -2.12. The van der Waals surface area contributed by atoms with E-state index >= 15 is 0 Å². The van der Waals surface area contributed by atoms with Crippen molar-refractivity contribution in [2.24, 2.45) is 0 Å². The van der Waals surface area contributed by atoms with Gasteiger partial charge in [-0.3, -0.25) is 19.4 Å². The zero-order valence-electron chi connectivity index (χ0n) is 20.5. The highest BCUT2D eigenvalue weighted by Gasteiger charge is 2.34. The molecule has 1 aliphatic heterocycles. The topological polar surface area (TPSA) is 101 Å². The van der Waals surface area contributed by atoms with Crippen molar-refractivity contribution in [3.63, 3.8) is 0 Å². The van der Waals surface area contributed by atoms with Gasteiger partial charge in [-0.25, -0.2) is 4.98 Å². The fourth-order valence-corrected chi connectivity index (χ4v) is 3.90. The summed E-state index contributed by atoms with van der Waals surface area (Å²) in [6, 6.07) is 3.50. The predicted molar refractivity (Wildman–Crippen MR) is 126 cm³/mol. The van der Waals surface area contributed by atoms with E-state index in [4.69, 9.17) is 18.9 Å². The Bertz CT molecular complexity index is 1260. The van der Waals surface area contributed by atoms with Crippen molar-refractivity contribution in [2.45, 2.75) is 26.2 Å². The van der Waals surface area contributed by atoms with Gasteiger partial charge in [-0.15, -0.1) is 0 Å². The monoisotopic (exact) mass is 521 g/mol. The first kappa shape index (κ1) is 26.4. The summed E-state index contributed by atoms with van der Waals surface area (Å²) in [5.74, 6) is 0.365. The average molecular weight is 521 g/mol. The van der Waals surface area contributed by atoms with Crippen LogP contribution in [0.3, 0.4) is 0 Å². The number of carbonyl (C=O) groups excluding carboxylic acids is 1. The van der Waals surface area contributed by atoms with Crippen LogP contribution < -0.4 is 14.4 Å². The lowest BCUT2D eigenvalue weighted by atomic mass is 10.0. The van der Waals surface area contributed by atoms with Gasteiger partial charge in [0.1, 0.15) is 13.2 Å². The maximum Gasteiger partial charge on any atom is 0.408 e. The summed E-state index contributed by atoms with van der Waals surface area (Å²) in [6.45, 7) is 2.21. The number of methoxy groups -OCH3 is 2. The van der Waals surface area contributed by atoms with E-state index in [0.29, 0.717) is 59.5 Å². The summed E-state index contributed by atoms with van der Waals surface area (Å²) < 4.78 is 60.3. The number of ether oxygens (including phenoxy) is 4. The first-order chi connectivity index (χ1) is 17.7. The predicted octanol–water partition coefficient (Wildman–Crippen LogP) is 3.42. The first-order valence-corrected chi connectivity index (χ1v) is 11.4. The van der Waals surface area contributed by atoms with Crippen LogP contribution in [0.5, 0.6) is 11.6 Å². The minimum Gasteiger partial charge on any atom is -0.486 e. The number of carbonyl (C=O) groups is 1.